The van der Waals surface area contributed by atoms with E-state index in [4.69, 9.17) is 5.73 Å². The fourth-order valence-corrected chi connectivity index (χ4v) is 2.23. The van der Waals surface area contributed by atoms with E-state index in [9.17, 15) is 4.79 Å². The smallest absolute Gasteiger partial charge is 0.228 e. The SMILES string of the molecule is CCN(C(=O)CCN)c1c(C)cccc1C(C)C. The zero-order chi connectivity index (χ0) is 13.7. The van der Waals surface area contributed by atoms with Crippen molar-refractivity contribution in [1.29, 1.82) is 0 Å². The third-order valence-electron chi connectivity index (χ3n) is 3.14. The van der Waals surface area contributed by atoms with Gasteiger partial charge in [0, 0.05) is 25.2 Å². The minimum atomic E-state index is 0.108. The number of aryl methyl sites for hydroxylation is 1. The first-order valence-electron chi connectivity index (χ1n) is 6.62. The molecule has 3 nitrogen and oxygen atoms in total. The maximum Gasteiger partial charge on any atom is 0.228 e. The van der Waals surface area contributed by atoms with Gasteiger partial charge >= 0.3 is 0 Å². The van der Waals surface area contributed by atoms with Gasteiger partial charge in [-0.1, -0.05) is 32.0 Å². The Bertz CT molecular complexity index is 413. The van der Waals surface area contributed by atoms with Crippen LogP contribution in [0.15, 0.2) is 18.2 Å². The molecule has 0 heterocycles. The topological polar surface area (TPSA) is 46.3 Å². The second kappa shape index (κ2) is 6.55. The van der Waals surface area contributed by atoms with Crippen LogP contribution in [0.4, 0.5) is 5.69 Å². The predicted molar refractivity (Wildman–Crippen MR) is 77.0 cm³/mol. The van der Waals surface area contributed by atoms with E-state index in [1.807, 2.05) is 11.8 Å². The number of para-hydroxylation sites is 1. The molecule has 0 aromatic heterocycles. The quantitative estimate of drug-likeness (QED) is 0.871. The highest BCUT2D eigenvalue weighted by Crippen LogP contribution is 2.31. The Labute approximate surface area is 110 Å². The summed E-state index contributed by atoms with van der Waals surface area (Å²) >= 11 is 0. The highest BCUT2D eigenvalue weighted by Gasteiger charge is 2.19. The van der Waals surface area contributed by atoms with Gasteiger partial charge in [0.05, 0.1) is 0 Å². The van der Waals surface area contributed by atoms with Crippen molar-refractivity contribution < 1.29 is 4.79 Å². The van der Waals surface area contributed by atoms with Crippen LogP contribution >= 0.6 is 0 Å². The van der Waals surface area contributed by atoms with Crippen molar-refractivity contribution in [2.24, 2.45) is 5.73 Å². The third-order valence-corrected chi connectivity index (χ3v) is 3.14. The number of rotatable bonds is 5. The van der Waals surface area contributed by atoms with Crippen molar-refractivity contribution in [3.63, 3.8) is 0 Å². The van der Waals surface area contributed by atoms with Gasteiger partial charge in [-0.15, -0.1) is 0 Å². The fraction of sp³-hybridized carbons (Fsp3) is 0.533. The van der Waals surface area contributed by atoms with Gasteiger partial charge in [-0.05, 0) is 30.9 Å². The number of hydrogen-bond acceptors (Lipinski definition) is 2. The predicted octanol–water partition coefficient (Wildman–Crippen LogP) is 2.82. The molecule has 1 rings (SSSR count). The third kappa shape index (κ3) is 3.10. The summed E-state index contributed by atoms with van der Waals surface area (Å²) in [7, 11) is 0. The minimum absolute atomic E-state index is 0.108. The number of nitrogens with two attached hydrogens (primary N) is 1. The summed E-state index contributed by atoms with van der Waals surface area (Å²) in [6, 6.07) is 6.21. The summed E-state index contributed by atoms with van der Waals surface area (Å²) in [4.78, 5) is 14.0. The van der Waals surface area contributed by atoms with Crippen LogP contribution in [0.2, 0.25) is 0 Å². The van der Waals surface area contributed by atoms with Gasteiger partial charge in [-0.3, -0.25) is 4.79 Å². The monoisotopic (exact) mass is 248 g/mol. The largest absolute Gasteiger partial charge is 0.330 e. The first-order chi connectivity index (χ1) is 8.52. The van der Waals surface area contributed by atoms with Crippen molar-refractivity contribution in [1.82, 2.24) is 0 Å². The van der Waals surface area contributed by atoms with E-state index in [0.717, 1.165) is 11.3 Å². The number of anilines is 1. The van der Waals surface area contributed by atoms with Crippen molar-refractivity contribution in [2.75, 3.05) is 18.0 Å². The molecule has 3 heteroatoms. The van der Waals surface area contributed by atoms with Crippen molar-refractivity contribution in [3.8, 4) is 0 Å². The maximum atomic E-state index is 12.1. The van der Waals surface area contributed by atoms with Crippen molar-refractivity contribution in [3.05, 3.63) is 29.3 Å². The first-order valence-corrected chi connectivity index (χ1v) is 6.62. The lowest BCUT2D eigenvalue weighted by Crippen LogP contribution is -2.33. The number of carbonyl (C=O) groups is 1. The van der Waals surface area contributed by atoms with E-state index in [-0.39, 0.29) is 5.91 Å². The lowest BCUT2D eigenvalue weighted by molar-refractivity contribution is -0.118. The molecular formula is C15H24N2O. The van der Waals surface area contributed by atoms with Gasteiger partial charge in [0.15, 0.2) is 0 Å². The van der Waals surface area contributed by atoms with Crippen LogP contribution in [0, 0.1) is 6.92 Å². The van der Waals surface area contributed by atoms with Gasteiger partial charge in [-0.2, -0.15) is 0 Å². The van der Waals surface area contributed by atoms with Crippen LogP contribution in [0.3, 0.4) is 0 Å². The highest BCUT2D eigenvalue weighted by atomic mass is 16.2. The van der Waals surface area contributed by atoms with Crippen molar-refractivity contribution >= 4 is 11.6 Å². The molecule has 100 valence electrons. The Hall–Kier alpha value is -1.35. The molecule has 0 bridgehead atoms. The number of carbonyl (C=O) groups excluding carboxylic acids is 1. The number of amides is 1. The fourth-order valence-electron chi connectivity index (χ4n) is 2.23. The van der Waals surface area contributed by atoms with E-state index in [1.165, 1.54) is 5.56 Å². The molecule has 18 heavy (non-hydrogen) atoms. The van der Waals surface area contributed by atoms with Crippen LogP contribution in [0.5, 0.6) is 0 Å². The Morgan fingerprint density at radius 2 is 2.06 bits per heavy atom. The molecule has 0 unspecified atom stereocenters. The van der Waals surface area contributed by atoms with Crippen LogP contribution in [0.1, 0.15) is 44.2 Å². The van der Waals surface area contributed by atoms with Gasteiger partial charge in [0.25, 0.3) is 0 Å². The summed E-state index contributed by atoms with van der Waals surface area (Å²) in [6.45, 7) is 9.45. The number of benzene rings is 1. The van der Waals surface area contributed by atoms with Crippen molar-refractivity contribution in [2.45, 2.75) is 40.0 Å². The van der Waals surface area contributed by atoms with E-state index in [1.54, 1.807) is 0 Å². The molecule has 0 spiro atoms. The second-order valence-electron chi connectivity index (χ2n) is 4.84. The summed E-state index contributed by atoms with van der Waals surface area (Å²) in [5, 5.41) is 0. The van der Waals surface area contributed by atoms with Crippen LogP contribution in [-0.4, -0.2) is 19.0 Å². The molecule has 2 N–H and O–H groups in total. The average Bonchev–Trinajstić information content (AvgIpc) is 2.32. The average molecular weight is 248 g/mol. The molecule has 0 aliphatic heterocycles. The van der Waals surface area contributed by atoms with E-state index >= 15 is 0 Å². The van der Waals surface area contributed by atoms with Crippen LogP contribution in [-0.2, 0) is 4.79 Å². The Morgan fingerprint density at radius 1 is 1.39 bits per heavy atom. The van der Waals surface area contributed by atoms with E-state index < -0.39 is 0 Å². The molecule has 0 saturated heterocycles. The van der Waals surface area contributed by atoms with Crippen LogP contribution < -0.4 is 10.6 Å². The molecule has 0 fully saturated rings. The Morgan fingerprint density at radius 3 is 2.56 bits per heavy atom. The minimum Gasteiger partial charge on any atom is -0.330 e. The summed E-state index contributed by atoms with van der Waals surface area (Å²) < 4.78 is 0. The van der Waals surface area contributed by atoms with Crippen LogP contribution in [0.25, 0.3) is 0 Å². The van der Waals surface area contributed by atoms with Gasteiger partial charge < -0.3 is 10.6 Å². The Kier molecular flexibility index (Phi) is 5.35. The number of hydrogen-bond donors (Lipinski definition) is 1. The molecule has 0 atom stereocenters. The summed E-state index contributed by atoms with van der Waals surface area (Å²) in [5.41, 5.74) is 8.92. The maximum absolute atomic E-state index is 12.1. The van der Waals surface area contributed by atoms with E-state index in [0.29, 0.717) is 25.4 Å². The number of nitrogens with zero attached hydrogens (tertiary/aromatic N) is 1. The molecule has 0 radical (unpaired) electrons. The summed E-state index contributed by atoms with van der Waals surface area (Å²) in [6.07, 6.45) is 0.402. The Balaban J connectivity index is 3.23. The second-order valence-corrected chi connectivity index (χ2v) is 4.84. The zero-order valence-electron chi connectivity index (χ0n) is 11.9. The standard InChI is InChI=1S/C15H24N2O/c1-5-17(14(18)9-10-16)15-12(4)7-6-8-13(15)11(2)3/h6-8,11H,5,9-10,16H2,1-4H3. The molecule has 1 aromatic rings. The summed E-state index contributed by atoms with van der Waals surface area (Å²) in [5.74, 6) is 0.510. The lowest BCUT2D eigenvalue weighted by atomic mass is 9.97. The van der Waals surface area contributed by atoms with E-state index in [2.05, 4.69) is 39.0 Å². The molecule has 0 aliphatic rings. The molecule has 1 aromatic carbocycles. The zero-order valence-corrected chi connectivity index (χ0v) is 11.9. The highest BCUT2D eigenvalue weighted by molar-refractivity contribution is 5.95. The lowest BCUT2D eigenvalue weighted by Gasteiger charge is -2.27. The van der Waals surface area contributed by atoms with Gasteiger partial charge in [0.1, 0.15) is 0 Å². The normalized spacial score (nSPS) is 10.8. The molecule has 1 amide bonds. The molecule has 0 aliphatic carbocycles. The molecular weight excluding hydrogens is 224 g/mol. The molecule has 0 saturated carbocycles. The van der Waals surface area contributed by atoms with Gasteiger partial charge in [0.2, 0.25) is 5.91 Å². The van der Waals surface area contributed by atoms with Gasteiger partial charge in [-0.25, -0.2) is 0 Å². The first kappa shape index (κ1) is 14.7.